The lowest BCUT2D eigenvalue weighted by molar-refractivity contribution is 0.769. The van der Waals surface area contributed by atoms with Gasteiger partial charge in [0.2, 0.25) is 0 Å². The van der Waals surface area contributed by atoms with E-state index in [-0.39, 0.29) is 6.54 Å². The van der Waals surface area contributed by atoms with Crippen molar-refractivity contribution in [2.45, 2.75) is 6.54 Å². The first-order valence-electron chi connectivity index (χ1n) is 5.28. The molecule has 0 spiro atoms. The van der Waals surface area contributed by atoms with Crippen molar-refractivity contribution in [1.29, 1.82) is 5.26 Å². The highest BCUT2D eigenvalue weighted by atomic mass is 15.3. The summed E-state index contributed by atoms with van der Waals surface area (Å²) in [6.07, 6.45) is 1.82. The van der Waals surface area contributed by atoms with Crippen molar-refractivity contribution in [3.8, 4) is 17.3 Å². The Hall–Kier alpha value is -2.77. The number of azide groups is 1. The Morgan fingerprint density at radius 1 is 1.44 bits per heavy atom. The van der Waals surface area contributed by atoms with Gasteiger partial charge in [-0.05, 0) is 17.7 Å². The molecule has 1 heterocycles. The molecule has 1 aromatic carbocycles. The van der Waals surface area contributed by atoms with Crippen LogP contribution in [0.3, 0.4) is 0 Å². The van der Waals surface area contributed by atoms with Crippen LogP contribution < -0.4 is 0 Å². The second-order valence-corrected chi connectivity index (χ2v) is 3.75. The van der Waals surface area contributed by atoms with E-state index in [2.05, 4.69) is 21.2 Å². The van der Waals surface area contributed by atoms with E-state index < -0.39 is 0 Å². The maximum Gasteiger partial charge on any atom is 0.0991 e. The average molecular weight is 238 g/mol. The summed E-state index contributed by atoms with van der Waals surface area (Å²) in [5.74, 6) is 0. The number of rotatable bonds is 3. The highest BCUT2D eigenvalue weighted by molar-refractivity contribution is 5.63. The fourth-order valence-corrected chi connectivity index (χ4v) is 1.71. The van der Waals surface area contributed by atoms with E-state index in [4.69, 9.17) is 10.8 Å². The summed E-state index contributed by atoms with van der Waals surface area (Å²) in [7, 11) is 1.81. The number of benzene rings is 1. The largest absolute Gasteiger partial charge is 0.275 e. The molecular formula is C12H10N6. The zero-order chi connectivity index (χ0) is 13.0. The Kier molecular flexibility index (Phi) is 3.28. The number of aryl methyl sites for hydroxylation is 1. The molecule has 6 nitrogen and oxygen atoms in total. The SMILES string of the molecule is Cn1cc(CN=[N+]=[N-])c(-c2ccc(C#N)cc2)n1. The summed E-state index contributed by atoms with van der Waals surface area (Å²) < 4.78 is 1.68. The van der Waals surface area contributed by atoms with Crippen molar-refractivity contribution >= 4 is 0 Å². The van der Waals surface area contributed by atoms with Gasteiger partial charge in [0, 0.05) is 29.3 Å². The van der Waals surface area contributed by atoms with Crippen LogP contribution in [-0.4, -0.2) is 9.78 Å². The molecule has 2 aromatic rings. The van der Waals surface area contributed by atoms with Crippen molar-refractivity contribution in [2.75, 3.05) is 0 Å². The zero-order valence-corrected chi connectivity index (χ0v) is 9.78. The summed E-state index contributed by atoms with van der Waals surface area (Å²) in [4.78, 5) is 2.75. The quantitative estimate of drug-likeness (QED) is 0.467. The Morgan fingerprint density at radius 2 is 2.17 bits per heavy atom. The van der Waals surface area contributed by atoms with Crippen molar-refractivity contribution in [3.05, 3.63) is 52.0 Å². The number of aromatic nitrogens is 2. The first-order valence-corrected chi connectivity index (χ1v) is 5.28. The molecule has 0 unspecified atom stereocenters. The minimum absolute atomic E-state index is 0.264. The maximum atomic E-state index is 8.75. The average Bonchev–Trinajstić information content (AvgIpc) is 2.77. The summed E-state index contributed by atoms with van der Waals surface area (Å²) in [6, 6.07) is 9.21. The van der Waals surface area contributed by atoms with Gasteiger partial charge in [-0.25, -0.2) is 0 Å². The molecule has 0 amide bonds. The lowest BCUT2D eigenvalue weighted by Gasteiger charge is -1.99. The smallest absolute Gasteiger partial charge is 0.0991 e. The third-order valence-corrected chi connectivity index (χ3v) is 2.50. The molecule has 2 rings (SSSR count). The Balaban J connectivity index is 2.42. The monoisotopic (exact) mass is 238 g/mol. The van der Waals surface area contributed by atoms with Crippen LogP contribution in [-0.2, 0) is 13.6 Å². The van der Waals surface area contributed by atoms with Gasteiger partial charge >= 0.3 is 0 Å². The van der Waals surface area contributed by atoms with Gasteiger partial charge in [-0.15, -0.1) is 0 Å². The van der Waals surface area contributed by atoms with Gasteiger partial charge in [0.05, 0.1) is 23.9 Å². The summed E-state index contributed by atoms with van der Waals surface area (Å²) in [5, 5.41) is 16.6. The molecule has 0 bridgehead atoms. The van der Waals surface area contributed by atoms with Crippen molar-refractivity contribution < 1.29 is 0 Å². The molecule has 0 aliphatic rings. The molecule has 0 radical (unpaired) electrons. The van der Waals surface area contributed by atoms with E-state index in [1.165, 1.54) is 0 Å². The van der Waals surface area contributed by atoms with Gasteiger partial charge in [0.25, 0.3) is 0 Å². The van der Waals surface area contributed by atoms with E-state index in [0.29, 0.717) is 5.56 Å². The molecule has 0 aliphatic heterocycles. The molecule has 0 fully saturated rings. The molecular weight excluding hydrogens is 228 g/mol. The first-order chi connectivity index (χ1) is 8.74. The number of nitrogens with zero attached hydrogens (tertiary/aromatic N) is 6. The van der Waals surface area contributed by atoms with Crippen LogP contribution in [0.5, 0.6) is 0 Å². The predicted molar refractivity (Wildman–Crippen MR) is 66.2 cm³/mol. The van der Waals surface area contributed by atoms with Gasteiger partial charge in [-0.1, -0.05) is 17.2 Å². The fraction of sp³-hybridized carbons (Fsp3) is 0.167. The second kappa shape index (κ2) is 5.04. The minimum atomic E-state index is 0.264. The van der Waals surface area contributed by atoms with E-state index in [0.717, 1.165) is 16.8 Å². The number of hydrogen-bond acceptors (Lipinski definition) is 3. The second-order valence-electron chi connectivity index (χ2n) is 3.75. The molecule has 0 N–H and O–H groups in total. The van der Waals surface area contributed by atoms with Crippen molar-refractivity contribution in [1.82, 2.24) is 9.78 Å². The molecule has 1 aromatic heterocycles. The van der Waals surface area contributed by atoms with Crippen LogP contribution in [0.15, 0.2) is 35.6 Å². The third-order valence-electron chi connectivity index (χ3n) is 2.50. The predicted octanol–water partition coefficient (Wildman–Crippen LogP) is 2.77. The lowest BCUT2D eigenvalue weighted by Crippen LogP contribution is -1.88. The topological polar surface area (TPSA) is 90.4 Å². The van der Waals surface area contributed by atoms with Crippen LogP contribution >= 0.6 is 0 Å². The summed E-state index contributed by atoms with van der Waals surface area (Å²) >= 11 is 0. The van der Waals surface area contributed by atoms with Gasteiger partial charge < -0.3 is 0 Å². The van der Waals surface area contributed by atoms with Gasteiger partial charge in [-0.2, -0.15) is 10.4 Å². The van der Waals surface area contributed by atoms with Crippen LogP contribution in [0.4, 0.5) is 0 Å². The molecule has 0 aliphatic carbocycles. The Labute approximate surface area is 104 Å². The highest BCUT2D eigenvalue weighted by Crippen LogP contribution is 2.22. The zero-order valence-electron chi connectivity index (χ0n) is 9.78. The summed E-state index contributed by atoms with van der Waals surface area (Å²) in [6.45, 7) is 0.264. The van der Waals surface area contributed by atoms with Crippen molar-refractivity contribution in [3.63, 3.8) is 0 Å². The van der Waals surface area contributed by atoms with Crippen LogP contribution in [0.1, 0.15) is 11.1 Å². The highest BCUT2D eigenvalue weighted by Gasteiger charge is 2.09. The minimum Gasteiger partial charge on any atom is -0.275 e. The molecule has 0 atom stereocenters. The molecule has 0 saturated carbocycles. The summed E-state index contributed by atoms with van der Waals surface area (Å²) in [5.41, 5.74) is 11.5. The van der Waals surface area contributed by atoms with Crippen LogP contribution in [0.2, 0.25) is 0 Å². The maximum absolute atomic E-state index is 8.75. The van der Waals surface area contributed by atoms with E-state index in [1.54, 1.807) is 16.8 Å². The van der Waals surface area contributed by atoms with E-state index in [1.807, 2.05) is 25.4 Å². The molecule has 6 heteroatoms. The molecule has 0 saturated heterocycles. The van der Waals surface area contributed by atoms with Crippen LogP contribution in [0, 0.1) is 11.3 Å². The van der Waals surface area contributed by atoms with Crippen LogP contribution in [0.25, 0.3) is 21.7 Å². The fourth-order valence-electron chi connectivity index (χ4n) is 1.71. The normalized spacial score (nSPS) is 9.56. The van der Waals surface area contributed by atoms with E-state index >= 15 is 0 Å². The van der Waals surface area contributed by atoms with Crippen molar-refractivity contribution in [2.24, 2.45) is 12.2 Å². The standard InChI is InChI=1S/C12H10N6/c1-18-8-11(7-15-17-14)12(16-18)10-4-2-9(6-13)3-5-10/h2-5,8H,7H2,1H3. The third kappa shape index (κ3) is 2.32. The van der Waals surface area contributed by atoms with Gasteiger partial charge in [0.1, 0.15) is 0 Å². The molecule has 18 heavy (non-hydrogen) atoms. The number of nitriles is 1. The Morgan fingerprint density at radius 3 is 2.78 bits per heavy atom. The van der Waals surface area contributed by atoms with Gasteiger partial charge in [-0.3, -0.25) is 4.68 Å². The lowest BCUT2D eigenvalue weighted by atomic mass is 10.1. The van der Waals surface area contributed by atoms with Gasteiger partial charge in [0.15, 0.2) is 0 Å². The number of hydrogen-bond donors (Lipinski definition) is 0. The first kappa shape index (κ1) is 11.7. The van der Waals surface area contributed by atoms with E-state index in [9.17, 15) is 0 Å². The molecule has 88 valence electrons. The Bertz CT molecular complexity index is 640.